The van der Waals surface area contributed by atoms with Crippen LogP contribution in [0.15, 0.2) is 30.3 Å². The van der Waals surface area contributed by atoms with Crippen molar-refractivity contribution in [3.8, 4) is 0 Å². The Labute approximate surface area is 184 Å². The summed E-state index contributed by atoms with van der Waals surface area (Å²) in [5.41, 5.74) is 0.178. The van der Waals surface area contributed by atoms with Gasteiger partial charge in [-0.1, -0.05) is 44.2 Å². The Kier molecular flexibility index (Phi) is 10.7. The molecule has 0 aliphatic carbocycles. The summed E-state index contributed by atoms with van der Waals surface area (Å²) < 4.78 is 10.3. The topological polar surface area (TPSA) is 111 Å². The standard InChI is InChI=1S/C23H34N2O6/c1-16(2)13-19(25-22(29)31-23(3,4)5)21(28)24-14-18(26)11-12-20(27)30-15-17-9-7-6-8-10-17/h6-10,16,19H,11-15H2,1-5H3,(H,24,28)(H,25,29). The molecule has 2 amide bonds. The molecular formula is C23H34N2O6. The molecule has 172 valence electrons. The number of ketones is 1. The molecule has 0 heterocycles. The molecule has 0 saturated heterocycles. The van der Waals surface area contributed by atoms with E-state index < -0.39 is 29.6 Å². The lowest BCUT2D eigenvalue weighted by Gasteiger charge is -2.24. The molecule has 0 radical (unpaired) electrons. The molecule has 1 unspecified atom stereocenters. The van der Waals surface area contributed by atoms with Crippen molar-refractivity contribution in [1.82, 2.24) is 10.6 Å². The number of carbonyl (C=O) groups excluding carboxylic acids is 4. The highest BCUT2D eigenvalue weighted by molar-refractivity contribution is 5.91. The highest BCUT2D eigenvalue weighted by atomic mass is 16.6. The molecule has 0 aliphatic heterocycles. The summed E-state index contributed by atoms with van der Waals surface area (Å²) in [6, 6.07) is 8.42. The number of alkyl carbamates (subject to hydrolysis) is 1. The maximum Gasteiger partial charge on any atom is 0.408 e. The van der Waals surface area contributed by atoms with Crippen LogP contribution in [0.2, 0.25) is 0 Å². The molecule has 0 aliphatic rings. The van der Waals surface area contributed by atoms with Gasteiger partial charge >= 0.3 is 12.1 Å². The highest BCUT2D eigenvalue weighted by Crippen LogP contribution is 2.10. The molecule has 8 heteroatoms. The van der Waals surface area contributed by atoms with Crippen LogP contribution in [0.4, 0.5) is 4.79 Å². The molecule has 0 aromatic heterocycles. The number of esters is 1. The number of nitrogens with one attached hydrogen (secondary N) is 2. The van der Waals surface area contributed by atoms with Gasteiger partial charge in [0.15, 0.2) is 5.78 Å². The summed E-state index contributed by atoms with van der Waals surface area (Å²) in [6.07, 6.45) is -0.402. The summed E-state index contributed by atoms with van der Waals surface area (Å²) in [7, 11) is 0. The normalized spacial score (nSPS) is 12.1. The van der Waals surface area contributed by atoms with E-state index in [4.69, 9.17) is 9.47 Å². The van der Waals surface area contributed by atoms with Crippen LogP contribution in [-0.2, 0) is 30.5 Å². The number of amides is 2. The van der Waals surface area contributed by atoms with Gasteiger partial charge in [-0.3, -0.25) is 14.4 Å². The van der Waals surface area contributed by atoms with Crippen LogP contribution in [0.3, 0.4) is 0 Å². The van der Waals surface area contributed by atoms with Crippen molar-refractivity contribution in [3.63, 3.8) is 0 Å². The van der Waals surface area contributed by atoms with Crippen molar-refractivity contribution in [3.05, 3.63) is 35.9 Å². The van der Waals surface area contributed by atoms with E-state index in [-0.39, 0.29) is 37.7 Å². The van der Waals surface area contributed by atoms with E-state index in [9.17, 15) is 19.2 Å². The molecule has 1 atom stereocenters. The van der Waals surface area contributed by atoms with E-state index in [2.05, 4.69) is 10.6 Å². The summed E-state index contributed by atoms with van der Waals surface area (Å²) in [5, 5.41) is 5.08. The average Bonchev–Trinajstić information content (AvgIpc) is 2.67. The lowest BCUT2D eigenvalue weighted by atomic mass is 10.0. The van der Waals surface area contributed by atoms with Crippen molar-refractivity contribution in [2.24, 2.45) is 5.92 Å². The van der Waals surface area contributed by atoms with Crippen LogP contribution in [0.1, 0.15) is 59.4 Å². The van der Waals surface area contributed by atoms with Crippen LogP contribution >= 0.6 is 0 Å². The predicted octanol–water partition coefficient (Wildman–Crippen LogP) is 3.13. The van der Waals surface area contributed by atoms with Crippen molar-refractivity contribution >= 4 is 23.8 Å². The van der Waals surface area contributed by atoms with Crippen molar-refractivity contribution in [2.45, 2.75) is 72.1 Å². The van der Waals surface area contributed by atoms with Crippen LogP contribution < -0.4 is 10.6 Å². The quantitative estimate of drug-likeness (QED) is 0.518. The smallest absolute Gasteiger partial charge is 0.408 e. The van der Waals surface area contributed by atoms with E-state index in [1.54, 1.807) is 20.8 Å². The van der Waals surface area contributed by atoms with Crippen LogP contribution in [-0.4, -0.2) is 41.9 Å². The minimum absolute atomic E-state index is 0.0394. The second kappa shape index (κ2) is 12.7. The Balaban J connectivity index is 2.41. The Morgan fingerprint density at radius 1 is 1.00 bits per heavy atom. The fourth-order valence-corrected chi connectivity index (χ4v) is 2.60. The van der Waals surface area contributed by atoms with Gasteiger partial charge in [0.1, 0.15) is 18.2 Å². The van der Waals surface area contributed by atoms with Gasteiger partial charge in [-0.25, -0.2) is 4.79 Å². The number of rotatable bonds is 11. The molecule has 8 nitrogen and oxygen atoms in total. The van der Waals surface area contributed by atoms with Crippen molar-refractivity contribution < 1.29 is 28.7 Å². The number of hydrogen-bond donors (Lipinski definition) is 2. The maximum atomic E-state index is 12.5. The lowest BCUT2D eigenvalue weighted by Crippen LogP contribution is -2.49. The third-order valence-corrected chi connectivity index (χ3v) is 4.02. The fourth-order valence-electron chi connectivity index (χ4n) is 2.60. The monoisotopic (exact) mass is 434 g/mol. The van der Waals surface area contributed by atoms with E-state index in [0.717, 1.165) is 5.56 Å². The van der Waals surface area contributed by atoms with Gasteiger partial charge in [0.2, 0.25) is 5.91 Å². The van der Waals surface area contributed by atoms with Crippen LogP contribution in [0, 0.1) is 5.92 Å². The van der Waals surface area contributed by atoms with Gasteiger partial charge in [0.25, 0.3) is 0 Å². The van der Waals surface area contributed by atoms with Crippen molar-refractivity contribution in [1.29, 1.82) is 0 Å². The van der Waals surface area contributed by atoms with Gasteiger partial charge in [-0.05, 0) is 38.7 Å². The molecular weight excluding hydrogens is 400 g/mol. The largest absolute Gasteiger partial charge is 0.461 e. The minimum Gasteiger partial charge on any atom is -0.461 e. The molecule has 1 aromatic carbocycles. The molecule has 0 fully saturated rings. The van der Waals surface area contributed by atoms with Gasteiger partial charge < -0.3 is 20.1 Å². The summed E-state index contributed by atoms with van der Waals surface area (Å²) >= 11 is 0. The Hall–Kier alpha value is -2.90. The van der Waals surface area contributed by atoms with E-state index in [1.807, 2.05) is 44.2 Å². The van der Waals surface area contributed by atoms with Gasteiger partial charge in [0.05, 0.1) is 13.0 Å². The molecule has 1 rings (SSSR count). The second-order valence-electron chi connectivity index (χ2n) is 8.73. The zero-order chi connectivity index (χ0) is 23.4. The van der Waals surface area contributed by atoms with E-state index in [1.165, 1.54) is 0 Å². The predicted molar refractivity (Wildman–Crippen MR) is 116 cm³/mol. The van der Waals surface area contributed by atoms with Crippen LogP contribution in [0.25, 0.3) is 0 Å². The minimum atomic E-state index is -0.821. The number of hydrogen-bond acceptors (Lipinski definition) is 6. The lowest BCUT2D eigenvalue weighted by molar-refractivity contribution is -0.146. The zero-order valence-corrected chi connectivity index (χ0v) is 19.0. The Morgan fingerprint density at radius 2 is 1.65 bits per heavy atom. The van der Waals surface area contributed by atoms with Gasteiger partial charge in [-0.2, -0.15) is 0 Å². The van der Waals surface area contributed by atoms with E-state index in [0.29, 0.717) is 6.42 Å². The van der Waals surface area contributed by atoms with Gasteiger partial charge in [-0.15, -0.1) is 0 Å². The first-order chi connectivity index (χ1) is 14.5. The first kappa shape index (κ1) is 26.1. The average molecular weight is 435 g/mol. The van der Waals surface area contributed by atoms with Crippen molar-refractivity contribution in [2.75, 3.05) is 6.54 Å². The number of benzene rings is 1. The molecule has 0 bridgehead atoms. The molecule has 2 N–H and O–H groups in total. The molecule has 1 aromatic rings. The highest BCUT2D eigenvalue weighted by Gasteiger charge is 2.25. The zero-order valence-electron chi connectivity index (χ0n) is 19.0. The van der Waals surface area contributed by atoms with Crippen LogP contribution in [0.5, 0.6) is 0 Å². The fraction of sp³-hybridized carbons (Fsp3) is 0.565. The Morgan fingerprint density at radius 3 is 2.23 bits per heavy atom. The third kappa shape index (κ3) is 12.4. The molecule has 31 heavy (non-hydrogen) atoms. The maximum absolute atomic E-state index is 12.5. The van der Waals surface area contributed by atoms with E-state index >= 15 is 0 Å². The summed E-state index contributed by atoms with van der Waals surface area (Å²) in [4.78, 5) is 48.3. The number of ether oxygens (including phenoxy) is 2. The summed E-state index contributed by atoms with van der Waals surface area (Å²) in [5.74, 6) is -1.11. The first-order valence-electron chi connectivity index (χ1n) is 10.4. The van der Waals surface area contributed by atoms with Gasteiger partial charge in [0, 0.05) is 6.42 Å². The Bertz CT molecular complexity index is 740. The molecule has 0 saturated carbocycles. The first-order valence-corrected chi connectivity index (χ1v) is 10.4. The second-order valence-corrected chi connectivity index (χ2v) is 8.73. The number of carbonyl (C=O) groups is 4. The molecule has 0 spiro atoms. The third-order valence-electron chi connectivity index (χ3n) is 4.02. The number of Topliss-reactive ketones (excluding diaryl/α,β-unsaturated/α-hetero) is 1. The summed E-state index contributed by atoms with van der Waals surface area (Å²) in [6.45, 7) is 8.95. The SMILES string of the molecule is CC(C)CC(NC(=O)OC(C)(C)C)C(=O)NCC(=O)CCC(=O)OCc1ccccc1.